The lowest BCUT2D eigenvalue weighted by Gasteiger charge is -2.01. The quantitative estimate of drug-likeness (QED) is 0.710. The summed E-state index contributed by atoms with van der Waals surface area (Å²) in [4.78, 5) is 8.24. The summed E-state index contributed by atoms with van der Waals surface area (Å²) >= 11 is 0. The second-order valence-electron chi connectivity index (χ2n) is 2.74. The largest absolute Gasteiger partial charge is 0.319 e. The minimum atomic E-state index is 0.848. The smallest absolute Gasteiger partial charge is 0.158 e. The molecule has 0 spiro atoms. The van der Waals surface area contributed by atoms with E-state index >= 15 is 0 Å². The van der Waals surface area contributed by atoms with Gasteiger partial charge in [0.05, 0.1) is 6.20 Å². The van der Waals surface area contributed by atoms with Gasteiger partial charge < -0.3 is 5.32 Å². The van der Waals surface area contributed by atoms with Crippen LogP contribution < -0.4 is 5.32 Å². The summed E-state index contributed by atoms with van der Waals surface area (Å²) < 4.78 is 1.76. The highest BCUT2D eigenvalue weighted by atomic mass is 15.3. The Morgan fingerprint density at radius 3 is 3.23 bits per heavy atom. The predicted molar refractivity (Wildman–Crippen MR) is 48.4 cm³/mol. The number of fused-ring (bicyclic) bond motifs is 1. The van der Waals surface area contributed by atoms with Crippen LogP contribution in [0.25, 0.3) is 5.65 Å². The standard InChI is InChI=1S/C8H11N5/c1-9-4-2-7-10-6-11-8-3-5-12-13(7)8/h3,5-6,9H,2,4H2,1H3. The molecule has 0 aliphatic carbocycles. The van der Waals surface area contributed by atoms with Crippen molar-refractivity contribution >= 4 is 5.65 Å². The van der Waals surface area contributed by atoms with Gasteiger partial charge >= 0.3 is 0 Å². The van der Waals surface area contributed by atoms with E-state index in [0.717, 1.165) is 24.4 Å². The van der Waals surface area contributed by atoms with Gasteiger partial charge in [0.1, 0.15) is 12.2 Å². The van der Waals surface area contributed by atoms with Crippen molar-refractivity contribution in [2.45, 2.75) is 6.42 Å². The highest BCUT2D eigenvalue weighted by molar-refractivity contribution is 5.34. The molecule has 2 rings (SSSR count). The van der Waals surface area contributed by atoms with Gasteiger partial charge in [0.25, 0.3) is 0 Å². The van der Waals surface area contributed by atoms with Crippen LogP contribution in [0, 0.1) is 0 Å². The van der Waals surface area contributed by atoms with Crippen LogP contribution in [0.3, 0.4) is 0 Å². The molecule has 0 radical (unpaired) electrons. The van der Waals surface area contributed by atoms with Crippen molar-refractivity contribution in [3.8, 4) is 0 Å². The average molecular weight is 177 g/mol. The Hall–Kier alpha value is -1.49. The average Bonchev–Trinajstić information content (AvgIpc) is 2.62. The van der Waals surface area contributed by atoms with Crippen molar-refractivity contribution in [2.75, 3.05) is 13.6 Å². The predicted octanol–water partition coefficient (Wildman–Crippen LogP) is -0.114. The Kier molecular flexibility index (Phi) is 2.18. The van der Waals surface area contributed by atoms with Crippen LogP contribution in [-0.2, 0) is 6.42 Å². The molecule has 0 aromatic carbocycles. The fourth-order valence-electron chi connectivity index (χ4n) is 1.21. The topological polar surface area (TPSA) is 55.1 Å². The van der Waals surface area contributed by atoms with Crippen LogP contribution in [-0.4, -0.2) is 33.2 Å². The number of hydrogen-bond acceptors (Lipinski definition) is 4. The molecule has 0 unspecified atom stereocenters. The molecule has 0 saturated carbocycles. The number of rotatable bonds is 3. The molecule has 0 saturated heterocycles. The first kappa shape index (κ1) is 8.12. The SMILES string of the molecule is CNCCc1ncnc2ccnn12. The number of aromatic nitrogens is 4. The normalized spacial score (nSPS) is 10.8. The van der Waals surface area contributed by atoms with Gasteiger partial charge in [0.2, 0.25) is 0 Å². The maximum atomic E-state index is 4.17. The molecular formula is C8H11N5. The molecule has 0 aliphatic heterocycles. The Labute approximate surface area is 75.8 Å². The first-order chi connectivity index (χ1) is 6.42. The minimum Gasteiger partial charge on any atom is -0.319 e. The van der Waals surface area contributed by atoms with E-state index in [0.29, 0.717) is 0 Å². The zero-order valence-corrected chi connectivity index (χ0v) is 7.44. The summed E-state index contributed by atoms with van der Waals surface area (Å²) in [6.45, 7) is 0.895. The highest BCUT2D eigenvalue weighted by Gasteiger charge is 2.01. The van der Waals surface area contributed by atoms with E-state index < -0.39 is 0 Å². The second kappa shape index (κ2) is 3.49. The summed E-state index contributed by atoms with van der Waals surface area (Å²) in [6, 6.07) is 1.87. The fourth-order valence-corrected chi connectivity index (χ4v) is 1.21. The van der Waals surface area contributed by atoms with Crippen LogP contribution in [0.1, 0.15) is 5.82 Å². The molecule has 0 aliphatic rings. The lowest BCUT2D eigenvalue weighted by atomic mass is 10.4. The Bertz CT molecular complexity index is 394. The first-order valence-corrected chi connectivity index (χ1v) is 4.20. The molecule has 13 heavy (non-hydrogen) atoms. The van der Waals surface area contributed by atoms with Crippen molar-refractivity contribution in [3.05, 3.63) is 24.4 Å². The summed E-state index contributed by atoms with van der Waals surface area (Å²) in [5.74, 6) is 0.935. The van der Waals surface area contributed by atoms with Crippen LogP contribution in [0.5, 0.6) is 0 Å². The molecule has 2 heterocycles. The summed E-state index contributed by atoms with van der Waals surface area (Å²) in [5.41, 5.74) is 0.848. The van der Waals surface area contributed by atoms with Crippen molar-refractivity contribution in [1.82, 2.24) is 24.9 Å². The molecular weight excluding hydrogens is 166 g/mol. The molecule has 2 aromatic rings. The van der Waals surface area contributed by atoms with E-state index in [1.54, 1.807) is 17.0 Å². The van der Waals surface area contributed by atoms with Gasteiger partial charge in [-0.1, -0.05) is 0 Å². The molecule has 68 valence electrons. The van der Waals surface area contributed by atoms with Crippen molar-refractivity contribution in [3.63, 3.8) is 0 Å². The van der Waals surface area contributed by atoms with Gasteiger partial charge in [-0.25, -0.2) is 14.5 Å². The summed E-state index contributed by atoms with van der Waals surface area (Å²) in [6.07, 6.45) is 4.16. The van der Waals surface area contributed by atoms with Gasteiger partial charge in [-0.15, -0.1) is 0 Å². The lowest BCUT2D eigenvalue weighted by Crippen LogP contribution is -2.14. The maximum Gasteiger partial charge on any atom is 0.158 e. The van der Waals surface area contributed by atoms with Gasteiger partial charge in [-0.3, -0.25) is 0 Å². The van der Waals surface area contributed by atoms with Gasteiger partial charge in [0, 0.05) is 19.0 Å². The third-order valence-electron chi connectivity index (χ3n) is 1.86. The fraction of sp³-hybridized carbons (Fsp3) is 0.375. The third kappa shape index (κ3) is 1.50. The second-order valence-corrected chi connectivity index (χ2v) is 2.74. The number of nitrogens with one attached hydrogen (secondary N) is 1. The molecule has 1 N–H and O–H groups in total. The molecule has 5 heteroatoms. The molecule has 0 atom stereocenters. The van der Waals surface area contributed by atoms with E-state index in [2.05, 4.69) is 20.4 Å². The van der Waals surface area contributed by atoms with E-state index in [9.17, 15) is 0 Å². The van der Waals surface area contributed by atoms with Crippen LogP contribution in [0.2, 0.25) is 0 Å². The first-order valence-electron chi connectivity index (χ1n) is 4.20. The monoisotopic (exact) mass is 177 g/mol. The summed E-state index contributed by atoms with van der Waals surface area (Å²) in [7, 11) is 1.92. The van der Waals surface area contributed by atoms with Crippen LogP contribution in [0.4, 0.5) is 0 Å². The molecule has 2 aromatic heterocycles. The molecule has 0 fully saturated rings. The van der Waals surface area contributed by atoms with Crippen molar-refractivity contribution in [1.29, 1.82) is 0 Å². The Morgan fingerprint density at radius 2 is 2.38 bits per heavy atom. The van der Waals surface area contributed by atoms with Crippen molar-refractivity contribution < 1.29 is 0 Å². The van der Waals surface area contributed by atoms with E-state index in [1.807, 2.05) is 13.1 Å². The Balaban J connectivity index is 2.37. The number of likely N-dealkylation sites (N-methyl/N-ethyl adjacent to an activating group) is 1. The van der Waals surface area contributed by atoms with Crippen molar-refractivity contribution in [2.24, 2.45) is 0 Å². The Morgan fingerprint density at radius 1 is 1.46 bits per heavy atom. The number of hydrogen-bond donors (Lipinski definition) is 1. The van der Waals surface area contributed by atoms with E-state index in [4.69, 9.17) is 0 Å². The third-order valence-corrected chi connectivity index (χ3v) is 1.86. The van der Waals surface area contributed by atoms with E-state index in [1.165, 1.54) is 0 Å². The van der Waals surface area contributed by atoms with Gasteiger partial charge in [-0.2, -0.15) is 5.10 Å². The van der Waals surface area contributed by atoms with Crippen LogP contribution >= 0.6 is 0 Å². The van der Waals surface area contributed by atoms with E-state index in [-0.39, 0.29) is 0 Å². The maximum absolute atomic E-state index is 4.17. The lowest BCUT2D eigenvalue weighted by molar-refractivity contribution is 0.711. The minimum absolute atomic E-state index is 0.848. The summed E-state index contributed by atoms with van der Waals surface area (Å²) in [5, 5.41) is 7.21. The van der Waals surface area contributed by atoms with Gasteiger partial charge in [0.15, 0.2) is 5.65 Å². The number of nitrogens with zero attached hydrogens (tertiary/aromatic N) is 4. The zero-order valence-electron chi connectivity index (χ0n) is 7.44. The van der Waals surface area contributed by atoms with Crippen LogP contribution in [0.15, 0.2) is 18.6 Å². The molecule has 0 bridgehead atoms. The molecule has 0 amide bonds. The molecule has 5 nitrogen and oxygen atoms in total. The zero-order chi connectivity index (χ0) is 9.10. The van der Waals surface area contributed by atoms with Gasteiger partial charge in [-0.05, 0) is 7.05 Å². The highest BCUT2D eigenvalue weighted by Crippen LogP contribution is 1.99.